The molecule has 0 N–H and O–H groups in total. The van der Waals surface area contributed by atoms with Crippen molar-refractivity contribution >= 4 is 11.6 Å². The molecule has 0 aliphatic heterocycles. The third-order valence-corrected chi connectivity index (χ3v) is 4.96. The minimum atomic E-state index is -0.0192. The Bertz CT molecular complexity index is 429. The van der Waals surface area contributed by atoms with E-state index in [0.717, 1.165) is 25.7 Å². The van der Waals surface area contributed by atoms with Crippen LogP contribution in [0.2, 0.25) is 0 Å². The lowest BCUT2D eigenvalue weighted by Gasteiger charge is -2.42. The molecule has 0 amide bonds. The lowest BCUT2D eigenvalue weighted by Crippen LogP contribution is -2.49. The first-order valence-electron chi connectivity index (χ1n) is 6.96. The van der Waals surface area contributed by atoms with Crippen LogP contribution in [-0.2, 0) is 9.59 Å². The van der Waals surface area contributed by atoms with Crippen LogP contribution in [0.4, 0.5) is 0 Å². The van der Waals surface area contributed by atoms with Gasteiger partial charge >= 0.3 is 0 Å². The number of hydrogen-bond acceptors (Lipinski definition) is 2. The van der Waals surface area contributed by atoms with E-state index in [1.54, 1.807) is 0 Å². The quantitative estimate of drug-likeness (QED) is 0.614. The summed E-state index contributed by atoms with van der Waals surface area (Å²) in [5, 5.41) is 0. The number of rotatable bonds is 0. The summed E-state index contributed by atoms with van der Waals surface area (Å²) in [5.41, 5.74) is 2.55. The Morgan fingerprint density at radius 3 is 1.61 bits per heavy atom. The number of Topliss-reactive ketones (excluding diaryl/α,β-unsaturated/α-hetero) is 2. The van der Waals surface area contributed by atoms with E-state index in [-0.39, 0.29) is 23.7 Å². The largest absolute Gasteiger partial charge is 0.299 e. The summed E-state index contributed by atoms with van der Waals surface area (Å²) in [6.07, 6.45) is 7.48. The second kappa shape index (κ2) is 4.18. The third-order valence-electron chi connectivity index (χ3n) is 4.96. The molecule has 3 aliphatic carbocycles. The van der Waals surface area contributed by atoms with Crippen LogP contribution < -0.4 is 0 Å². The van der Waals surface area contributed by atoms with E-state index < -0.39 is 0 Å². The van der Waals surface area contributed by atoms with Gasteiger partial charge in [0.15, 0.2) is 0 Å². The summed E-state index contributed by atoms with van der Waals surface area (Å²) in [4.78, 5) is 25.2. The van der Waals surface area contributed by atoms with Gasteiger partial charge in [-0.15, -0.1) is 0 Å². The van der Waals surface area contributed by atoms with Crippen LogP contribution >= 0.6 is 0 Å². The lowest BCUT2D eigenvalue weighted by atomic mass is 9.59. The van der Waals surface area contributed by atoms with Crippen LogP contribution in [0.3, 0.4) is 0 Å². The van der Waals surface area contributed by atoms with Crippen molar-refractivity contribution in [3.63, 3.8) is 0 Å². The number of carbonyl (C=O) groups excluding carboxylic acids is 2. The second-order valence-electron chi connectivity index (χ2n) is 6.21. The van der Waals surface area contributed by atoms with E-state index in [4.69, 9.17) is 0 Å². The van der Waals surface area contributed by atoms with Gasteiger partial charge in [0.2, 0.25) is 0 Å². The molecular weight excluding hydrogens is 224 g/mol. The molecule has 3 rings (SSSR count). The Hall–Kier alpha value is -1.18. The fraction of sp³-hybridized carbons (Fsp3) is 0.625. The maximum atomic E-state index is 12.6. The predicted molar refractivity (Wildman–Crippen MR) is 70.0 cm³/mol. The first-order chi connectivity index (χ1) is 8.58. The van der Waals surface area contributed by atoms with Gasteiger partial charge in [0.25, 0.3) is 0 Å². The fourth-order valence-corrected chi connectivity index (χ4v) is 3.91. The van der Waals surface area contributed by atoms with Crippen molar-refractivity contribution < 1.29 is 9.59 Å². The normalized spacial score (nSPS) is 39.7. The standard InChI is InChI=1S/C16H20O2/c1-9-3-5-11-13(7-9)16(18)14-8-10(2)4-6-12(14)15(11)17/h3-4,11-14H,5-8H2,1-2H3/t11-,12+,13-,14+. The summed E-state index contributed by atoms with van der Waals surface area (Å²) in [5.74, 6) is 0.648. The van der Waals surface area contributed by atoms with Crippen molar-refractivity contribution in [1.82, 2.24) is 0 Å². The summed E-state index contributed by atoms with van der Waals surface area (Å²) in [6.45, 7) is 4.15. The van der Waals surface area contributed by atoms with Gasteiger partial charge in [-0.25, -0.2) is 0 Å². The van der Waals surface area contributed by atoms with E-state index in [1.165, 1.54) is 11.1 Å². The summed E-state index contributed by atoms with van der Waals surface area (Å²) in [7, 11) is 0. The SMILES string of the molecule is CC1=CC[C@@H]2C(=O)[C@@H]3CC=C(C)C[C@H]3C(=O)[C@H]2C1. The van der Waals surface area contributed by atoms with E-state index in [2.05, 4.69) is 26.0 Å². The Morgan fingerprint density at radius 1 is 0.778 bits per heavy atom. The average molecular weight is 244 g/mol. The van der Waals surface area contributed by atoms with Gasteiger partial charge in [0.05, 0.1) is 0 Å². The summed E-state index contributed by atoms with van der Waals surface area (Å²) < 4.78 is 0. The molecule has 0 aromatic rings. The third kappa shape index (κ3) is 1.70. The molecule has 0 aromatic heterocycles. The van der Waals surface area contributed by atoms with Crippen LogP contribution in [0.1, 0.15) is 39.5 Å². The molecule has 0 aromatic carbocycles. The number of hydrogen-bond donors (Lipinski definition) is 0. The summed E-state index contributed by atoms with van der Waals surface area (Å²) >= 11 is 0. The molecule has 0 heterocycles. The number of carbonyl (C=O) groups is 2. The van der Waals surface area contributed by atoms with Crippen molar-refractivity contribution in [1.29, 1.82) is 0 Å². The number of ketones is 2. The van der Waals surface area contributed by atoms with Gasteiger partial charge in [-0.3, -0.25) is 9.59 Å². The molecule has 1 saturated carbocycles. The van der Waals surface area contributed by atoms with Gasteiger partial charge in [0.1, 0.15) is 11.6 Å². The van der Waals surface area contributed by atoms with Crippen LogP contribution in [0.5, 0.6) is 0 Å². The lowest BCUT2D eigenvalue weighted by molar-refractivity contribution is -0.147. The molecule has 0 radical (unpaired) electrons. The molecule has 3 aliphatic rings. The number of allylic oxidation sites excluding steroid dienone is 4. The molecule has 18 heavy (non-hydrogen) atoms. The average Bonchev–Trinajstić information content (AvgIpc) is 2.35. The molecular formula is C16H20O2. The van der Waals surface area contributed by atoms with Crippen LogP contribution in [-0.4, -0.2) is 11.6 Å². The van der Waals surface area contributed by atoms with E-state index in [9.17, 15) is 9.59 Å². The van der Waals surface area contributed by atoms with Gasteiger partial charge in [0, 0.05) is 23.7 Å². The van der Waals surface area contributed by atoms with E-state index >= 15 is 0 Å². The van der Waals surface area contributed by atoms with Gasteiger partial charge in [-0.1, -0.05) is 23.3 Å². The Kier molecular flexibility index (Phi) is 2.76. The fourth-order valence-electron chi connectivity index (χ4n) is 3.91. The highest BCUT2D eigenvalue weighted by molar-refractivity contribution is 6.00. The molecule has 0 unspecified atom stereocenters. The predicted octanol–water partition coefficient (Wildman–Crippen LogP) is 3.08. The highest BCUT2D eigenvalue weighted by Crippen LogP contribution is 2.45. The van der Waals surface area contributed by atoms with Crippen molar-refractivity contribution in [2.45, 2.75) is 39.5 Å². The van der Waals surface area contributed by atoms with Crippen molar-refractivity contribution in [3.8, 4) is 0 Å². The Morgan fingerprint density at radius 2 is 1.17 bits per heavy atom. The first-order valence-corrected chi connectivity index (χ1v) is 6.96. The highest BCUT2D eigenvalue weighted by atomic mass is 16.1. The maximum Gasteiger partial charge on any atom is 0.141 e. The topological polar surface area (TPSA) is 34.1 Å². The minimum Gasteiger partial charge on any atom is -0.299 e. The van der Waals surface area contributed by atoms with E-state index in [1.807, 2.05) is 0 Å². The first kappa shape index (κ1) is 11.9. The van der Waals surface area contributed by atoms with Crippen LogP contribution in [0, 0.1) is 23.7 Å². The molecule has 0 bridgehead atoms. The zero-order valence-corrected chi connectivity index (χ0v) is 11.1. The van der Waals surface area contributed by atoms with Crippen LogP contribution in [0.25, 0.3) is 0 Å². The molecule has 2 heteroatoms. The molecule has 96 valence electrons. The van der Waals surface area contributed by atoms with Gasteiger partial charge in [-0.2, -0.15) is 0 Å². The van der Waals surface area contributed by atoms with E-state index in [0.29, 0.717) is 11.6 Å². The highest BCUT2D eigenvalue weighted by Gasteiger charge is 2.49. The molecule has 2 nitrogen and oxygen atoms in total. The van der Waals surface area contributed by atoms with Crippen molar-refractivity contribution in [2.75, 3.05) is 0 Å². The smallest absolute Gasteiger partial charge is 0.141 e. The minimum absolute atomic E-state index is 0.0188. The molecule has 4 atom stereocenters. The maximum absolute atomic E-state index is 12.6. The molecule has 0 saturated heterocycles. The zero-order valence-electron chi connectivity index (χ0n) is 11.1. The van der Waals surface area contributed by atoms with Gasteiger partial charge in [-0.05, 0) is 39.5 Å². The van der Waals surface area contributed by atoms with Crippen LogP contribution in [0.15, 0.2) is 23.3 Å². The molecule has 0 spiro atoms. The van der Waals surface area contributed by atoms with Crippen molar-refractivity contribution in [2.24, 2.45) is 23.7 Å². The summed E-state index contributed by atoms with van der Waals surface area (Å²) in [6, 6.07) is 0. The number of fused-ring (bicyclic) bond motifs is 2. The van der Waals surface area contributed by atoms with Gasteiger partial charge < -0.3 is 0 Å². The molecule has 1 fully saturated rings. The second-order valence-corrected chi connectivity index (χ2v) is 6.21. The Balaban J connectivity index is 1.94. The Labute approximate surface area is 108 Å². The van der Waals surface area contributed by atoms with Crippen molar-refractivity contribution in [3.05, 3.63) is 23.3 Å². The monoisotopic (exact) mass is 244 g/mol. The zero-order chi connectivity index (χ0) is 12.9.